The summed E-state index contributed by atoms with van der Waals surface area (Å²) in [6, 6.07) is 9.91. The molecule has 4 aromatic rings. The van der Waals surface area contributed by atoms with E-state index in [0.717, 1.165) is 44.4 Å². The van der Waals surface area contributed by atoms with Gasteiger partial charge in [0, 0.05) is 24.2 Å². The standard InChI is InChI=1S/C18H15N5O2/c1-23-5-4-10-15-12(21-18(20)22-17(15)19)7-11(16(10)23)9-2-3-13-14(6-9)25-8-24-13/h2-7H,8H2,1H3,(H4,19,20,21,22). The molecule has 0 unspecified atom stereocenters. The number of aryl methyl sites for hydroxylation is 1. The first kappa shape index (κ1) is 13.9. The zero-order valence-corrected chi connectivity index (χ0v) is 13.5. The Balaban J connectivity index is 1.89. The highest BCUT2D eigenvalue weighted by Gasteiger charge is 2.18. The summed E-state index contributed by atoms with van der Waals surface area (Å²) in [5.41, 5.74) is 15.7. The number of nitrogens with zero attached hydrogens (tertiary/aromatic N) is 3. The molecule has 0 atom stereocenters. The normalized spacial score (nSPS) is 13.0. The third-order valence-corrected chi connectivity index (χ3v) is 4.54. The molecule has 0 bridgehead atoms. The van der Waals surface area contributed by atoms with Gasteiger partial charge < -0.3 is 25.5 Å². The lowest BCUT2D eigenvalue weighted by Gasteiger charge is -2.11. The van der Waals surface area contributed by atoms with Crippen LogP contribution in [0.2, 0.25) is 0 Å². The van der Waals surface area contributed by atoms with Crippen molar-refractivity contribution < 1.29 is 9.47 Å². The fraction of sp³-hybridized carbons (Fsp3) is 0.111. The number of rotatable bonds is 1. The van der Waals surface area contributed by atoms with E-state index in [0.29, 0.717) is 5.82 Å². The second kappa shape index (κ2) is 4.76. The van der Waals surface area contributed by atoms with Gasteiger partial charge in [0.1, 0.15) is 5.82 Å². The molecule has 7 heteroatoms. The van der Waals surface area contributed by atoms with Crippen LogP contribution in [0.4, 0.5) is 11.8 Å². The summed E-state index contributed by atoms with van der Waals surface area (Å²) in [5.74, 6) is 2.04. The smallest absolute Gasteiger partial charge is 0.231 e. The van der Waals surface area contributed by atoms with E-state index in [1.807, 2.05) is 43.6 Å². The van der Waals surface area contributed by atoms with Gasteiger partial charge >= 0.3 is 0 Å². The second-order valence-corrected chi connectivity index (χ2v) is 6.04. The van der Waals surface area contributed by atoms with Gasteiger partial charge in [0.15, 0.2) is 11.5 Å². The van der Waals surface area contributed by atoms with E-state index in [1.54, 1.807) is 0 Å². The van der Waals surface area contributed by atoms with Crippen LogP contribution in [-0.4, -0.2) is 21.3 Å². The average molecular weight is 333 g/mol. The topological polar surface area (TPSA) is 101 Å². The van der Waals surface area contributed by atoms with Crippen LogP contribution >= 0.6 is 0 Å². The van der Waals surface area contributed by atoms with Crippen molar-refractivity contribution in [2.24, 2.45) is 7.05 Å². The van der Waals surface area contributed by atoms with Crippen molar-refractivity contribution in [1.82, 2.24) is 14.5 Å². The fourth-order valence-corrected chi connectivity index (χ4v) is 3.45. The zero-order valence-electron chi connectivity index (χ0n) is 13.5. The second-order valence-electron chi connectivity index (χ2n) is 6.04. The van der Waals surface area contributed by atoms with Gasteiger partial charge in [-0.05, 0) is 29.8 Å². The summed E-state index contributed by atoms with van der Waals surface area (Å²) in [6.07, 6.45) is 2.00. The molecule has 7 nitrogen and oxygen atoms in total. The number of anilines is 2. The van der Waals surface area contributed by atoms with Crippen molar-refractivity contribution in [1.29, 1.82) is 0 Å². The summed E-state index contributed by atoms with van der Waals surface area (Å²) in [4.78, 5) is 8.49. The van der Waals surface area contributed by atoms with Crippen molar-refractivity contribution in [3.05, 3.63) is 36.5 Å². The van der Waals surface area contributed by atoms with Crippen molar-refractivity contribution in [3.63, 3.8) is 0 Å². The number of fused-ring (bicyclic) bond motifs is 4. The van der Waals surface area contributed by atoms with Crippen molar-refractivity contribution in [2.45, 2.75) is 0 Å². The molecule has 0 saturated carbocycles. The molecule has 0 spiro atoms. The Labute approximate surface area is 142 Å². The Kier molecular flexibility index (Phi) is 2.65. The van der Waals surface area contributed by atoms with Gasteiger partial charge in [-0.25, -0.2) is 4.98 Å². The first-order chi connectivity index (χ1) is 12.1. The molecule has 0 radical (unpaired) electrons. The van der Waals surface area contributed by atoms with E-state index in [4.69, 9.17) is 20.9 Å². The van der Waals surface area contributed by atoms with Gasteiger partial charge in [0.25, 0.3) is 0 Å². The molecule has 3 heterocycles. The molecule has 0 amide bonds. The highest BCUT2D eigenvalue weighted by molar-refractivity contribution is 6.15. The lowest BCUT2D eigenvalue weighted by molar-refractivity contribution is 0.174. The molecule has 2 aromatic carbocycles. The summed E-state index contributed by atoms with van der Waals surface area (Å²) in [5, 5.41) is 1.81. The van der Waals surface area contributed by atoms with Crippen LogP contribution < -0.4 is 20.9 Å². The molecule has 1 aliphatic rings. The van der Waals surface area contributed by atoms with Gasteiger partial charge in [0.05, 0.1) is 16.4 Å². The number of nitrogens with two attached hydrogens (primary N) is 2. The van der Waals surface area contributed by atoms with Gasteiger partial charge in [-0.1, -0.05) is 6.07 Å². The summed E-state index contributed by atoms with van der Waals surface area (Å²) in [6.45, 7) is 0.246. The fourth-order valence-electron chi connectivity index (χ4n) is 3.45. The number of hydrogen-bond donors (Lipinski definition) is 2. The van der Waals surface area contributed by atoms with Crippen LogP contribution in [0.1, 0.15) is 0 Å². The number of aromatic nitrogens is 3. The molecule has 25 heavy (non-hydrogen) atoms. The monoisotopic (exact) mass is 333 g/mol. The number of ether oxygens (including phenoxy) is 2. The lowest BCUT2D eigenvalue weighted by atomic mass is 9.99. The minimum Gasteiger partial charge on any atom is -0.454 e. The summed E-state index contributed by atoms with van der Waals surface area (Å²) < 4.78 is 13.0. The zero-order chi connectivity index (χ0) is 17.1. The Morgan fingerprint density at radius 2 is 1.88 bits per heavy atom. The largest absolute Gasteiger partial charge is 0.454 e. The predicted octanol–water partition coefficient (Wildman–Crippen LogP) is 2.68. The van der Waals surface area contributed by atoms with E-state index in [1.165, 1.54) is 0 Å². The summed E-state index contributed by atoms with van der Waals surface area (Å²) in [7, 11) is 2.00. The predicted molar refractivity (Wildman–Crippen MR) is 96.4 cm³/mol. The van der Waals surface area contributed by atoms with Gasteiger partial charge in [-0.15, -0.1) is 0 Å². The Hall–Kier alpha value is -3.48. The molecule has 2 aromatic heterocycles. The SMILES string of the molecule is Cn1ccc2c3c(N)nc(N)nc3cc(-c3ccc4c(c3)OCO4)c21. The van der Waals surface area contributed by atoms with E-state index in [9.17, 15) is 0 Å². The molecule has 4 N–H and O–H groups in total. The van der Waals surface area contributed by atoms with E-state index in [2.05, 4.69) is 14.5 Å². The highest BCUT2D eigenvalue weighted by atomic mass is 16.7. The van der Waals surface area contributed by atoms with E-state index < -0.39 is 0 Å². The maximum Gasteiger partial charge on any atom is 0.231 e. The lowest BCUT2D eigenvalue weighted by Crippen LogP contribution is -2.01. The molecule has 0 saturated heterocycles. The first-order valence-electron chi connectivity index (χ1n) is 7.82. The van der Waals surface area contributed by atoms with Crippen LogP contribution in [0.25, 0.3) is 32.9 Å². The van der Waals surface area contributed by atoms with Crippen LogP contribution in [0.3, 0.4) is 0 Å². The first-order valence-corrected chi connectivity index (χ1v) is 7.82. The van der Waals surface area contributed by atoms with E-state index >= 15 is 0 Å². The van der Waals surface area contributed by atoms with Crippen LogP contribution in [0, 0.1) is 0 Å². The molecular formula is C18H15N5O2. The molecule has 0 aliphatic carbocycles. The van der Waals surface area contributed by atoms with Crippen molar-refractivity contribution in [2.75, 3.05) is 18.3 Å². The maximum atomic E-state index is 6.12. The molecular weight excluding hydrogens is 318 g/mol. The average Bonchev–Trinajstić information content (AvgIpc) is 3.19. The Morgan fingerprint density at radius 3 is 2.76 bits per heavy atom. The highest BCUT2D eigenvalue weighted by Crippen LogP contribution is 2.40. The number of nitrogen functional groups attached to an aromatic ring is 2. The van der Waals surface area contributed by atoms with Gasteiger partial charge in [0.2, 0.25) is 12.7 Å². The van der Waals surface area contributed by atoms with Crippen LogP contribution in [-0.2, 0) is 7.05 Å². The Morgan fingerprint density at radius 1 is 1.04 bits per heavy atom. The molecule has 124 valence electrons. The van der Waals surface area contributed by atoms with Crippen LogP contribution in [0.15, 0.2) is 36.5 Å². The van der Waals surface area contributed by atoms with Crippen molar-refractivity contribution >= 4 is 33.6 Å². The molecule has 5 rings (SSSR count). The maximum absolute atomic E-state index is 6.12. The third-order valence-electron chi connectivity index (χ3n) is 4.54. The minimum absolute atomic E-state index is 0.164. The number of hydrogen-bond acceptors (Lipinski definition) is 6. The number of benzene rings is 2. The van der Waals surface area contributed by atoms with Crippen molar-refractivity contribution in [3.8, 4) is 22.6 Å². The molecule has 0 fully saturated rings. The quantitative estimate of drug-likeness (QED) is 0.555. The minimum atomic E-state index is 0.164. The van der Waals surface area contributed by atoms with Gasteiger partial charge in [-0.3, -0.25) is 0 Å². The molecule has 1 aliphatic heterocycles. The van der Waals surface area contributed by atoms with E-state index in [-0.39, 0.29) is 12.7 Å². The van der Waals surface area contributed by atoms with Gasteiger partial charge in [-0.2, -0.15) is 4.98 Å². The third kappa shape index (κ3) is 1.92. The Bertz CT molecular complexity index is 1170. The summed E-state index contributed by atoms with van der Waals surface area (Å²) >= 11 is 0. The van der Waals surface area contributed by atoms with Crippen LogP contribution in [0.5, 0.6) is 11.5 Å².